The number of benzene rings is 1. The van der Waals surface area contributed by atoms with Crippen LogP contribution in [0.3, 0.4) is 0 Å². The minimum absolute atomic E-state index is 0.136. The lowest BCUT2D eigenvalue weighted by atomic mass is 10.1. The van der Waals surface area contributed by atoms with Crippen molar-refractivity contribution in [2.45, 2.75) is 5.75 Å². The third kappa shape index (κ3) is 3.40. The van der Waals surface area contributed by atoms with Gasteiger partial charge >= 0.3 is 5.97 Å². The molecule has 0 aliphatic heterocycles. The predicted octanol–water partition coefficient (Wildman–Crippen LogP) is 3.56. The van der Waals surface area contributed by atoms with Gasteiger partial charge in [-0.1, -0.05) is 12.1 Å². The Kier molecular flexibility index (Phi) is 4.81. The smallest absolute Gasteiger partial charge is 0.348 e. The van der Waals surface area contributed by atoms with Crippen LogP contribution in [0.1, 0.15) is 25.6 Å². The first kappa shape index (κ1) is 14.6. The fraction of sp³-hybridized carbons (Fsp3) is 0.143. The maximum absolute atomic E-state index is 12.1. The van der Waals surface area contributed by atoms with E-state index in [9.17, 15) is 9.59 Å². The number of thioether (sulfide) groups is 1. The van der Waals surface area contributed by atoms with E-state index in [1.54, 1.807) is 35.3 Å². The number of carbonyl (C=O) groups excluding carboxylic acids is 1. The molecule has 0 spiro atoms. The number of thiophene rings is 1. The van der Waals surface area contributed by atoms with Gasteiger partial charge in [0.05, 0.1) is 5.69 Å². The summed E-state index contributed by atoms with van der Waals surface area (Å²) in [6.45, 7) is 0. The summed E-state index contributed by atoms with van der Waals surface area (Å²) in [4.78, 5) is 23.2. The van der Waals surface area contributed by atoms with E-state index in [1.165, 1.54) is 0 Å². The molecule has 0 atom stereocenters. The maximum Gasteiger partial charge on any atom is 0.348 e. The molecule has 0 saturated heterocycles. The molecule has 4 nitrogen and oxygen atoms in total. The Morgan fingerprint density at radius 1 is 1.25 bits per heavy atom. The number of hydrogen-bond acceptors (Lipinski definition) is 4. The summed E-state index contributed by atoms with van der Waals surface area (Å²) >= 11 is 2.80. The van der Waals surface area contributed by atoms with Gasteiger partial charge in [0.15, 0.2) is 0 Å². The lowest BCUT2D eigenvalue weighted by Gasteiger charge is -2.05. The van der Waals surface area contributed by atoms with Gasteiger partial charge in [-0.05, 0) is 35.4 Å². The second kappa shape index (κ2) is 6.58. The summed E-state index contributed by atoms with van der Waals surface area (Å²) in [5.41, 5.74) is 1.99. The number of nitrogens with one attached hydrogen (secondary N) is 1. The molecule has 1 aromatic carbocycles. The van der Waals surface area contributed by atoms with Crippen molar-refractivity contribution >= 4 is 40.7 Å². The number of carboxylic acids is 1. The Morgan fingerprint density at radius 3 is 2.55 bits per heavy atom. The van der Waals surface area contributed by atoms with Crippen molar-refractivity contribution < 1.29 is 14.7 Å². The van der Waals surface area contributed by atoms with E-state index < -0.39 is 5.97 Å². The minimum Gasteiger partial charge on any atom is -0.477 e. The normalized spacial score (nSPS) is 10.2. The van der Waals surface area contributed by atoms with Crippen LogP contribution in [0.2, 0.25) is 0 Å². The zero-order valence-electron chi connectivity index (χ0n) is 10.8. The summed E-state index contributed by atoms with van der Waals surface area (Å²) in [5, 5.41) is 13.3. The van der Waals surface area contributed by atoms with Gasteiger partial charge in [-0.15, -0.1) is 11.3 Å². The molecule has 0 radical (unpaired) electrons. The van der Waals surface area contributed by atoms with Crippen molar-refractivity contribution in [3.63, 3.8) is 0 Å². The highest BCUT2D eigenvalue weighted by Crippen LogP contribution is 2.23. The molecule has 20 heavy (non-hydrogen) atoms. The molecule has 1 heterocycles. The summed E-state index contributed by atoms with van der Waals surface area (Å²) < 4.78 is 0. The minimum atomic E-state index is -1.04. The van der Waals surface area contributed by atoms with Crippen LogP contribution in [0.15, 0.2) is 35.7 Å². The molecule has 0 aliphatic carbocycles. The molecular formula is C14H13NO3S2. The van der Waals surface area contributed by atoms with E-state index in [-0.39, 0.29) is 10.8 Å². The molecule has 0 aliphatic rings. The van der Waals surface area contributed by atoms with E-state index in [2.05, 4.69) is 5.32 Å². The predicted molar refractivity (Wildman–Crippen MR) is 82.9 cm³/mol. The topological polar surface area (TPSA) is 66.4 Å². The Morgan fingerprint density at radius 2 is 1.95 bits per heavy atom. The molecule has 6 heteroatoms. The van der Waals surface area contributed by atoms with Crippen LogP contribution in [0.25, 0.3) is 0 Å². The zero-order chi connectivity index (χ0) is 14.5. The number of anilines is 1. The summed E-state index contributed by atoms with van der Waals surface area (Å²) in [7, 11) is 0. The number of rotatable bonds is 5. The Bertz CT molecular complexity index is 620. The van der Waals surface area contributed by atoms with Gasteiger partial charge in [0.25, 0.3) is 5.91 Å². The van der Waals surface area contributed by atoms with E-state index >= 15 is 0 Å². The van der Waals surface area contributed by atoms with Crippen LogP contribution in [-0.2, 0) is 5.75 Å². The van der Waals surface area contributed by atoms with Gasteiger partial charge in [-0.2, -0.15) is 11.8 Å². The molecule has 2 rings (SSSR count). The van der Waals surface area contributed by atoms with Crippen LogP contribution >= 0.6 is 23.1 Å². The molecule has 104 valence electrons. The first-order valence-corrected chi connectivity index (χ1v) is 8.09. The van der Waals surface area contributed by atoms with Crippen LogP contribution in [0.5, 0.6) is 0 Å². The molecular weight excluding hydrogens is 294 g/mol. The van der Waals surface area contributed by atoms with E-state index in [0.717, 1.165) is 22.7 Å². The fourth-order valence-electron chi connectivity index (χ4n) is 1.69. The van der Waals surface area contributed by atoms with Gasteiger partial charge in [0.2, 0.25) is 0 Å². The first-order valence-electron chi connectivity index (χ1n) is 5.82. The molecule has 0 bridgehead atoms. The Hall–Kier alpha value is -1.79. The molecule has 1 amide bonds. The summed E-state index contributed by atoms with van der Waals surface area (Å²) in [5.74, 6) is -0.442. The molecule has 0 saturated carbocycles. The summed E-state index contributed by atoms with van der Waals surface area (Å²) in [6, 6.07) is 8.88. The third-order valence-electron chi connectivity index (χ3n) is 2.63. The van der Waals surface area contributed by atoms with Crippen molar-refractivity contribution in [1.29, 1.82) is 0 Å². The maximum atomic E-state index is 12.1. The number of hydrogen-bond donors (Lipinski definition) is 2. The van der Waals surface area contributed by atoms with Crippen molar-refractivity contribution in [3.8, 4) is 0 Å². The second-order valence-corrected chi connectivity index (χ2v) is 5.83. The van der Waals surface area contributed by atoms with Crippen LogP contribution < -0.4 is 5.32 Å². The largest absolute Gasteiger partial charge is 0.477 e. The number of carbonyl (C=O) groups is 2. The SMILES string of the molecule is CSCc1ccc(C(=O)Nc2ccsc2C(=O)O)cc1. The highest BCUT2D eigenvalue weighted by atomic mass is 32.2. The first-order chi connectivity index (χ1) is 9.61. The summed E-state index contributed by atoms with van der Waals surface area (Å²) in [6.07, 6.45) is 2.02. The standard InChI is InChI=1S/C14H13NO3S2/c1-19-8-9-2-4-10(5-3-9)13(16)15-11-6-7-20-12(11)14(17)18/h2-7H,8H2,1H3,(H,15,16)(H,17,18). The van der Waals surface area contributed by atoms with Crippen molar-refractivity contribution in [2.75, 3.05) is 11.6 Å². The monoisotopic (exact) mass is 307 g/mol. The zero-order valence-corrected chi connectivity index (χ0v) is 12.4. The van der Waals surface area contributed by atoms with E-state index in [1.807, 2.05) is 18.4 Å². The molecule has 0 unspecified atom stereocenters. The Labute approximate surface area is 124 Å². The van der Waals surface area contributed by atoms with Gasteiger partial charge < -0.3 is 10.4 Å². The molecule has 2 N–H and O–H groups in total. The van der Waals surface area contributed by atoms with E-state index in [0.29, 0.717) is 11.3 Å². The highest BCUT2D eigenvalue weighted by Gasteiger charge is 2.14. The highest BCUT2D eigenvalue weighted by molar-refractivity contribution is 7.97. The van der Waals surface area contributed by atoms with Gasteiger partial charge in [0.1, 0.15) is 4.88 Å². The second-order valence-electron chi connectivity index (χ2n) is 4.05. The van der Waals surface area contributed by atoms with Crippen molar-refractivity contribution in [1.82, 2.24) is 0 Å². The van der Waals surface area contributed by atoms with Gasteiger partial charge in [0, 0.05) is 11.3 Å². The number of carboxylic acid groups (broad SMARTS) is 1. The van der Waals surface area contributed by atoms with Crippen molar-refractivity contribution in [2.24, 2.45) is 0 Å². The lowest BCUT2D eigenvalue weighted by Crippen LogP contribution is -2.13. The molecule has 2 aromatic rings. The Balaban J connectivity index is 2.11. The van der Waals surface area contributed by atoms with Crippen LogP contribution in [0.4, 0.5) is 5.69 Å². The lowest BCUT2D eigenvalue weighted by molar-refractivity contribution is 0.0703. The number of aromatic carboxylic acids is 1. The molecule has 1 aromatic heterocycles. The quantitative estimate of drug-likeness (QED) is 0.886. The van der Waals surface area contributed by atoms with Crippen molar-refractivity contribution in [3.05, 3.63) is 51.7 Å². The third-order valence-corrected chi connectivity index (χ3v) is 4.16. The number of amides is 1. The van der Waals surface area contributed by atoms with Gasteiger partial charge in [-0.3, -0.25) is 4.79 Å². The van der Waals surface area contributed by atoms with E-state index in [4.69, 9.17) is 5.11 Å². The van der Waals surface area contributed by atoms with Crippen LogP contribution in [-0.4, -0.2) is 23.2 Å². The molecule has 0 fully saturated rings. The van der Waals surface area contributed by atoms with Gasteiger partial charge in [-0.25, -0.2) is 4.79 Å². The average Bonchev–Trinajstić information content (AvgIpc) is 2.88. The fourth-order valence-corrected chi connectivity index (χ4v) is 2.90. The van der Waals surface area contributed by atoms with Crippen LogP contribution in [0, 0.1) is 0 Å². The average molecular weight is 307 g/mol.